The number of hydrogen-bond acceptors (Lipinski definition) is 3. The summed E-state index contributed by atoms with van der Waals surface area (Å²) in [5.41, 5.74) is 2.97. The first kappa shape index (κ1) is 20.7. The molecule has 146 valence electrons. The minimum atomic E-state index is -3.60. The number of aliphatic imine (C=N–C) groups is 1. The number of rotatable bonds is 7. The summed E-state index contributed by atoms with van der Waals surface area (Å²) in [5.74, 6) is -0.114. The van der Waals surface area contributed by atoms with Crippen molar-refractivity contribution in [2.24, 2.45) is 4.99 Å². The van der Waals surface area contributed by atoms with Crippen LogP contribution in [0.1, 0.15) is 16.7 Å². The third-order valence-corrected chi connectivity index (χ3v) is 5.33. The van der Waals surface area contributed by atoms with Gasteiger partial charge in [-0.3, -0.25) is 9.71 Å². The monoisotopic (exact) mass is 392 g/mol. The molecule has 0 aromatic heterocycles. The molecule has 3 N–H and O–H groups in total. The van der Waals surface area contributed by atoms with Gasteiger partial charge in [0.15, 0.2) is 5.96 Å². The number of hydrogen-bond donors (Lipinski definition) is 3. The van der Waals surface area contributed by atoms with Gasteiger partial charge in [-0.2, -0.15) is 0 Å². The van der Waals surface area contributed by atoms with Gasteiger partial charge in [0, 0.05) is 20.1 Å². The first-order valence-corrected chi connectivity index (χ1v) is 10.2. The molecule has 0 bridgehead atoms. The van der Waals surface area contributed by atoms with Gasteiger partial charge < -0.3 is 10.6 Å². The van der Waals surface area contributed by atoms with Crippen molar-refractivity contribution in [1.29, 1.82) is 0 Å². The molecular formula is C19H25FN4O2S. The summed E-state index contributed by atoms with van der Waals surface area (Å²) in [5, 5.41) is 6.12. The van der Waals surface area contributed by atoms with E-state index in [1.54, 1.807) is 14.0 Å². The number of sulfonamides is 1. The van der Waals surface area contributed by atoms with Gasteiger partial charge in [-0.05, 0) is 42.7 Å². The number of nitrogens with zero attached hydrogens (tertiary/aromatic N) is 1. The maximum atomic E-state index is 13.5. The summed E-state index contributed by atoms with van der Waals surface area (Å²) >= 11 is 0. The third kappa shape index (κ3) is 6.56. The van der Waals surface area contributed by atoms with Crippen molar-refractivity contribution in [3.05, 3.63) is 65.0 Å². The van der Waals surface area contributed by atoms with Gasteiger partial charge in [-0.15, -0.1) is 0 Å². The average Bonchev–Trinajstić information content (AvgIpc) is 2.62. The number of halogens is 1. The van der Waals surface area contributed by atoms with E-state index in [1.165, 1.54) is 18.2 Å². The van der Waals surface area contributed by atoms with Gasteiger partial charge in [-0.1, -0.05) is 30.3 Å². The molecule has 0 saturated carbocycles. The Morgan fingerprint density at radius 2 is 1.81 bits per heavy atom. The molecule has 0 unspecified atom stereocenters. The maximum absolute atomic E-state index is 13.5. The van der Waals surface area contributed by atoms with Gasteiger partial charge >= 0.3 is 0 Å². The Bertz CT molecular complexity index is 914. The van der Waals surface area contributed by atoms with E-state index in [4.69, 9.17) is 0 Å². The lowest BCUT2D eigenvalue weighted by atomic mass is 10.1. The SMILES string of the molecule is CN=C(NCCS(=O)(=O)Nc1ccc(C)c(F)c1)NCc1ccccc1C. The van der Waals surface area contributed by atoms with Gasteiger partial charge in [0.2, 0.25) is 10.0 Å². The van der Waals surface area contributed by atoms with Crippen LogP contribution in [0.2, 0.25) is 0 Å². The molecule has 0 aliphatic carbocycles. The fourth-order valence-corrected chi connectivity index (χ4v) is 3.36. The molecule has 2 rings (SSSR count). The van der Waals surface area contributed by atoms with Gasteiger partial charge in [-0.25, -0.2) is 12.8 Å². The van der Waals surface area contributed by atoms with Crippen molar-refractivity contribution in [3.8, 4) is 0 Å². The fraction of sp³-hybridized carbons (Fsp3) is 0.316. The normalized spacial score (nSPS) is 11.9. The Morgan fingerprint density at radius 3 is 2.48 bits per heavy atom. The molecule has 0 aliphatic heterocycles. The van der Waals surface area contributed by atoms with Crippen molar-refractivity contribution in [2.75, 3.05) is 24.1 Å². The molecule has 27 heavy (non-hydrogen) atoms. The summed E-state index contributed by atoms with van der Waals surface area (Å²) in [6.45, 7) is 4.39. The first-order chi connectivity index (χ1) is 12.8. The summed E-state index contributed by atoms with van der Waals surface area (Å²) < 4.78 is 40.2. The van der Waals surface area contributed by atoms with E-state index in [0.29, 0.717) is 18.1 Å². The molecule has 0 amide bonds. The highest BCUT2D eigenvalue weighted by Gasteiger charge is 2.12. The largest absolute Gasteiger partial charge is 0.355 e. The highest BCUT2D eigenvalue weighted by atomic mass is 32.2. The molecular weight excluding hydrogens is 367 g/mol. The standard InChI is InChI=1S/C19H25FN4O2S/c1-14-6-4-5-7-16(14)13-23-19(21-3)22-10-11-27(25,26)24-17-9-8-15(2)18(20)12-17/h4-9,12,24H,10-11,13H2,1-3H3,(H2,21,22,23). The van der Waals surface area contributed by atoms with Crippen molar-refractivity contribution >= 4 is 21.7 Å². The van der Waals surface area contributed by atoms with Gasteiger partial charge in [0.05, 0.1) is 11.4 Å². The smallest absolute Gasteiger partial charge is 0.234 e. The van der Waals surface area contributed by atoms with Crippen LogP contribution >= 0.6 is 0 Å². The molecule has 6 nitrogen and oxygen atoms in total. The predicted octanol–water partition coefficient (Wildman–Crippen LogP) is 2.55. The summed E-state index contributed by atoms with van der Waals surface area (Å²) in [6, 6.07) is 12.2. The zero-order valence-corrected chi connectivity index (χ0v) is 16.5. The fourth-order valence-electron chi connectivity index (χ4n) is 2.40. The molecule has 0 fully saturated rings. The number of guanidine groups is 1. The van der Waals surface area contributed by atoms with Crippen LogP contribution in [-0.4, -0.2) is 33.7 Å². The quantitative estimate of drug-likeness (QED) is 0.500. The lowest BCUT2D eigenvalue weighted by molar-refractivity contribution is 0.599. The second-order valence-electron chi connectivity index (χ2n) is 6.16. The third-order valence-electron chi connectivity index (χ3n) is 4.04. The Kier molecular flexibility index (Phi) is 7.18. The Morgan fingerprint density at radius 1 is 1.07 bits per heavy atom. The lowest BCUT2D eigenvalue weighted by Crippen LogP contribution is -2.39. The molecule has 0 aliphatic rings. The first-order valence-electron chi connectivity index (χ1n) is 8.56. The summed E-state index contributed by atoms with van der Waals surface area (Å²) in [7, 11) is -1.98. The highest BCUT2D eigenvalue weighted by molar-refractivity contribution is 7.92. The Balaban J connectivity index is 1.83. The molecule has 0 heterocycles. The molecule has 8 heteroatoms. The molecule has 0 radical (unpaired) electrons. The average molecular weight is 393 g/mol. The van der Waals surface area contributed by atoms with Gasteiger partial charge in [0.25, 0.3) is 0 Å². The van der Waals surface area contributed by atoms with Crippen LogP contribution in [0.3, 0.4) is 0 Å². The van der Waals surface area contributed by atoms with E-state index in [9.17, 15) is 12.8 Å². The van der Waals surface area contributed by atoms with Crippen LogP contribution in [0.4, 0.5) is 10.1 Å². The number of benzene rings is 2. The van der Waals surface area contributed by atoms with E-state index < -0.39 is 15.8 Å². The lowest BCUT2D eigenvalue weighted by Gasteiger charge is -2.14. The molecule has 2 aromatic carbocycles. The second-order valence-corrected chi connectivity index (χ2v) is 8.01. The van der Waals surface area contributed by atoms with Crippen LogP contribution < -0.4 is 15.4 Å². The van der Waals surface area contributed by atoms with Gasteiger partial charge in [0.1, 0.15) is 5.82 Å². The predicted molar refractivity (Wildman–Crippen MR) is 108 cm³/mol. The number of nitrogens with one attached hydrogen (secondary N) is 3. The van der Waals surface area contributed by atoms with E-state index >= 15 is 0 Å². The summed E-state index contributed by atoms with van der Waals surface area (Å²) in [4.78, 5) is 4.09. The summed E-state index contributed by atoms with van der Waals surface area (Å²) in [6.07, 6.45) is 0. The van der Waals surface area contributed by atoms with Crippen molar-refractivity contribution < 1.29 is 12.8 Å². The Labute approximate surface area is 160 Å². The van der Waals surface area contributed by atoms with Crippen LogP contribution in [-0.2, 0) is 16.6 Å². The zero-order chi connectivity index (χ0) is 19.9. The van der Waals surface area contributed by atoms with Crippen LogP contribution in [0.15, 0.2) is 47.5 Å². The van der Waals surface area contributed by atoms with E-state index in [2.05, 4.69) is 20.3 Å². The van der Waals surface area contributed by atoms with E-state index in [1.807, 2.05) is 31.2 Å². The molecule has 0 saturated heterocycles. The minimum Gasteiger partial charge on any atom is -0.355 e. The van der Waals surface area contributed by atoms with Crippen LogP contribution in [0, 0.1) is 19.7 Å². The number of aryl methyl sites for hydroxylation is 2. The van der Waals surface area contributed by atoms with E-state index in [-0.39, 0.29) is 18.0 Å². The number of anilines is 1. The van der Waals surface area contributed by atoms with Crippen LogP contribution in [0.5, 0.6) is 0 Å². The van der Waals surface area contributed by atoms with E-state index in [0.717, 1.165) is 11.1 Å². The second kappa shape index (κ2) is 9.36. The zero-order valence-electron chi connectivity index (χ0n) is 15.7. The minimum absolute atomic E-state index is 0.164. The maximum Gasteiger partial charge on any atom is 0.234 e. The van der Waals surface area contributed by atoms with Crippen molar-refractivity contribution in [1.82, 2.24) is 10.6 Å². The van der Waals surface area contributed by atoms with Crippen molar-refractivity contribution in [3.63, 3.8) is 0 Å². The molecule has 2 aromatic rings. The molecule has 0 atom stereocenters. The Hall–Kier alpha value is -2.61. The highest BCUT2D eigenvalue weighted by Crippen LogP contribution is 2.14. The van der Waals surface area contributed by atoms with Crippen molar-refractivity contribution in [2.45, 2.75) is 20.4 Å². The molecule has 0 spiro atoms. The topological polar surface area (TPSA) is 82.6 Å². The van der Waals surface area contributed by atoms with Crippen LogP contribution in [0.25, 0.3) is 0 Å².